The minimum atomic E-state index is -1.01. The minimum absolute atomic E-state index is 0.0201. The van der Waals surface area contributed by atoms with E-state index in [0.717, 1.165) is 6.07 Å². The molecular formula is C26H24O10. The van der Waals surface area contributed by atoms with Gasteiger partial charge in [-0.2, -0.15) is 0 Å². The van der Waals surface area contributed by atoms with Crippen molar-refractivity contribution in [3.8, 4) is 46.0 Å². The number of esters is 1. The first kappa shape index (κ1) is 24.4. The number of hydrogen-bond donors (Lipinski definition) is 5. The van der Waals surface area contributed by atoms with E-state index in [4.69, 9.17) is 18.9 Å². The second kappa shape index (κ2) is 9.87. The van der Waals surface area contributed by atoms with Crippen molar-refractivity contribution in [2.45, 2.75) is 18.6 Å². The van der Waals surface area contributed by atoms with Crippen molar-refractivity contribution in [2.24, 2.45) is 0 Å². The lowest BCUT2D eigenvalue weighted by Crippen LogP contribution is -2.34. The van der Waals surface area contributed by atoms with Crippen LogP contribution in [0.15, 0.2) is 48.5 Å². The van der Waals surface area contributed by atoms with Crippen molar-refractivity contribution in [1.29, 1.82) is 0 Å². The van der Waals surface area contributed by atoms with Gasteiger partial charge in [0.05, 0.1) is 14.2 Å². The number of phenolic OH excluding ortho intramolecular Hbond substituents is 5. The van der Waals surface area contributed by atoms with Gasteiger partial charge in [0.25, 0.3) is 0 Å². The quantitative estimate of drug-likeness (QED) is 0.253. The summed E-state index contributed by atoms with van der Waals surface area (Å²) in [4.78, 5) is 12.7. The molecule has 0 fully saturated rings. The van der Waals surface area contributed by atoms with Gasteiger partial charge in [-0.25, -0.2) is 4.79 Å². The molecule has 0 radical (unpaired) electrons. The molecule has 3 aromatic carbocycles. The van der Waals surface area contributed by atoms with Crippen molar-refractivity contribution in [2.75, 3.05) is 14.2 Å². The van der Waals surface area contributed by atoms with Crippen LogP contribution in [0.1, 0.15) is 22.8 Å². The molecule has 2 unspecified atom stereocenters. The Morgan fingerprint density at radius 1 is 0.917 bits per heavy atom. The highest BCUT2D eigenvalue weighted by molar-refractivity contribution is 5.87. The summed E-state index contributed by atoms with van der Waals surface area (Å²) >= 11 is 0. The Balaban J connectivity index is 1.64. The Morgan fingerprint density at radius 3 is 2.31 bits per heavy atom. The van der Waals surface area contributed by atoms with Crippen molar-refractivity contribution in [3.63, 3.8) is 0 Å². The first-order valence-electron chi connectivity index (χ1n) is 10.8. The molecule has 0 amide bonds. The minimum Gasteiger partial charge on any atom is -0.508 e. The SMILES string of the molecule is COc1cc(C=CC(=O)OC2Cc3c(O)cc(O)cc3OC2c2cc(O)c(OC)c(O)c2)ccc1O. The standard InChI is InChI=1S/C26H24O10/c1-33-22-7-13(3-5-17(22)28)4-6-24(32)35-23-12-16-18(29)10-15(27)11-21(16)36-25(23)14-8-19(30)26(34-2)20(31)9-14/h3-11,23,25,27-31H,12H2,1-2H3. The van der Waals surface area contributed by atoms with Crippen LogP contribution < -0.4 is 14.2 Å². The molecule has 2 atom stereocenters. The van der Waals surface area contributed by atoms with Gasteiger partial charge in [-0.05, 0) is 35.9 Å². The highest BCUT2D eigenvalue weighted by Gasteiger charge is 2.36. The van der Waals surface area contributed by atoms with Crippen molar-refractivity contribution >= 4 is 12.0 Å². The average Bonchev–Trinajstić information content (AvgIpc) is 2.83. The summed E-state index contributed by atoms with van der Waals surface area (Å²) in [5.74, 6) is -1.69. The summed E-state index contributed by atoms with van der Waals surface area (Å²) in [7, 11) is 2.69. The normalized spacial score (nSPS) is 16.7. The first-order chi connectivity index (χ1) is 17.2. The van der Waals surface area contributed by atoms with Gasteiger partial charge < -0.3 is 44.5 Å². The molecule has 1 aliphatic heterocycles. The first-order valence-corrected chi connectivity index (χ1v) is 10.8. The van der Waals surface area contributed by atoms with Crippen LogP contribution >= 0.6 is 0 Å². The maximum atomic E-state index is 12.7. The zero-order chi connectivity index (χ0) is 26.0. The van der Waals surface area contributed by atoms with E-state index in [1.807, 2.05) is 0 Å². The van der Waals surface area contributed by atoms with Gasteiger partial charge >= 0.3 is 5.97 Å². The van der Waals surface area contributed by atoms with E-state index in [9.17, 15) is 30.3 Å². The summed E-state index contributed by atoms with van der Waals surface area (Å²) in [5, 5.41) is 50.4. The van der Waals surface area contributed by atoms with Crippen LogP contribution in [0.25, 0.3) is 6.08 Å². The molecule has 36 heavy (non-hydrogen) atoms. The van der Waals surface area contributed by atoms with E-state index < -0.39 is 18.2 Å². The monoisotopic (exact) mass is 496 g/mol. The topological polar surface area (TPSA) is 155 Å². The van der Waals surface area contributed by atoms with E-state index in [1.54, 1.807) is 6.07 Å². The number of phenols is 5. The molecule has 0 saturated heterocycles. The molecule has 10 nitrogen and oxygen atoms in total. The van der Waals surface area contributed by atoms with Crippen LogP contribution in [0.4, 0.5) is 0 Å². The van der Waals surface area contributed by atoms with Crippen LogP contribution in [-0.4, -0.2) is 51.8 Å². The molecule has 5 N–H and O–H groups in total. The van der Waals surface area contributed by atoms with E-state index in [2.05, 4.69) is 0 Å². The van der Waals surface area contributed by atoms with Crippen LogP contribution in [0.3, 0.4) is 0 Å². The molecule has 4 rings (SSSR count). The summed E-state index contributed by atoms with van der Waals surface area (Å²) in [6.07, 6.45) is 0.682. The fraction of sp³-hybridized carbons (Fsp3) is 0.192. The van der Waals surface area contributed by atoms with Gasteiger partial charge in [0, 0.05) is 35.8 Å². The maximum Gasteiger partial charge on any atom is 0.331 e. The molecule has 188 valence electrons. The Labute approximate surface area is 205 Å². The van der Waals surface area contributed by atoms with E-state index in [0.29, 0.717) is 11.1 Å². The number of methoxy groups -OCH3 is 2. The lowest BCUT2D eigenvalue weighted by atomic mass is 9.93. The third-order valence-corrected chi connectivity index (χ3v) is 5.65. The number of aromatic hydroxyl groups is 5. The number of ether oxygens (including phenoxy) is 4. The highest BCUT2D eigenvalue weighted by atomic mass is 16.6. The van der Waals surface area contributed by atoms with E-state index in [-0.39, 0.29) is 58.0 Å². The lowest BCUT2D eigenvalue weighted by molar-refractivity contribution is -0.149. The average molecular weight is 496 g/mol. The predicted octanol–water partition coefficient (Wildman–Crippen LogP) is 3.53. The predicted molar refractivity (Wildman–Crippen MR) is 127 cm³/mol. The van der Waals surface area contributed by atoms with Gasteiger partial charge in [0.2, 0.25) is 5.75 Å². The molecule has 0 spiro atoms. The molecule has 0 bridgehead atoms. The number of benzene rings is 3. The van der Waals surface area contributed by atoms with Gasteiger partial charge in [0.15, 0.2) is 29.1 Å². The van der Waals surface area contributed by atoms with E-state index >= 15 is 0 Å². The van der Waals surface area contributed by atoms with Gasteiger partial charge in [-0.1, -0.05) is 6.07 Å². The third-order valence-electron chi connectivity index (χ3n) is 5.65. The van der Waals surface area contributed by atoms with E-state index in [1.165, 1.54) is 56.7 Å². The summed E-state index contributed by atoms with van der Waals surface area (Å²) in [5.41, 5.74) is 1.15. The smallest absolute Gasteiger partial charge is 0.331 e. The van der Waals surface area contributed by atoms with Crippen molar-refractivity contribution < 1.29 is 49.3 Å². The Morgan fingerprint density at radius 2 is 1.64 bits per heavy atom. The number of rotatable bonds is 6. The van der Waals surface area contributed by atoms with Gasteiger partial charge in [-0.3, -0.25) is 0 Å². The zero-order valence-corrected chi connectivity index (χ0v) is 19.3. The molecule has 1 aliphatic rings. The highest BCUT2D eigenvalue weighted by Crippen LogP contribution is 2.45. The van der Waals surface area contributed by atoms with Crippen molar-refractivity contribution in [1.82, 2.24) is 0 Å². The van der Waals surface area contributed by atoms with Crippen LogP contribution in [-0.2, 0) is 16.0 Å². The number of fused-ring (bicyclic) bond motifs is 1. The zero-order valence-electron chi connectivity index (χ0n) is 19.3. The molecular weight excluding hydrogens is 472 g/mol. The largest absolute Gasteiger partial charge is 0.508 e. The van der Waals surface area contributed by atoms with Crippen LogP contribution in [0.5, 0.6) is 46.0 Å². The molecule has 0 aromatic heterocycles. The Hall–Kier alpha value is -4.73. The third kappa shape index (κ3) is 4.88. The second-order valence-electron chi connectivity index (χ2n) is 8.02. The van der Waals surface area contributed by atoms with Crippen molar-refractivity contribution in [3.05, 3.63) is 65.2 Å². The fourth-order valence-corrected chi connectivity index (χ4v) is 3.98. The molecule has 0 aliphatic carbocycles. The summed E-state index contributed by atoms with van der Waals surface area (Å²) in [6, 6.07) is 9.60. The molecule has 1 heterocycles. The Bertz CT molecular complexity index is 1310. The Kier molecular flexibility index (Phi) is 6.69. The van der Waals surface area contributed by atoms with Gasteiger partial charge in [-0.15, -0.1) is 0 Å². The number of carbonyl (C=O) groups excluding carboxylic acids is 1. The summed E-state index contributed by atoms with van der Waals surface area (Å²) in [6.45, 7) is 0. The maximum absolute atomic E-state index is 12.7. The summed E-state index contributed by atoms with van der Waals surface area (Å²) < 4.78 is 21.6. The lowest BCUT2D eigenvalue weighted by Gasteiger charge is -2.33. The van der Waals surface area contributed by atoms with Crippen LogP contribution in [0.2, 0.25) is 0 Å². The second-order valence-corrected chi connectivity index (χ2v) is 8.02. The number of carbonyl (C=O) groups is 1. The molecule has 0 saturated carbocycles. The fourth-order valence-electron chi connectivity index (χ4n) is 3.98. The number of hydrogen-bond acceptors (Lipinski definition) is 10. The van der Waals surface area contributed by atoms with Crippen LogP contribution in [0, 0.1) is 0 Å². The molecule has 10 heteroatoms. The van der Waals surface area contributed by atoms with Gasteiger partial charge in [0.1, 0.15) is 23.4 Å². The molecule has 3 aromatic rings.